The van der Waals surface area contributed by atoms with Gasteiger partial charge in [0.25, 0.3) is 0 Å². The molecule has 0 spiro atoms. The fourth-order valence-electron chi connectivity index (χ4n) is 2.53. The van der Waals surface area contributed by atoms with Crippen LogP contribution >= 0.6 is 0 Å². The topological polar surface area (TPSA) is 0 Å². The van der Waals surface area contributed by atoms with Crippen LogP contribution in [0.1, 0.15) is 26.2 Å². The van der Waals surface area contributed by atoms with Crippen LogP contribution in [0.25, 0.3) is 0 Å². The molecule has 0 N–H and O–H groups in total. The van der Waals surface area contributed by atoms with Crippen LogP contribution in [0.15, 0.2) is 36.5 Å². The van der Waals surface area contributed by atoms with E-state index in [1.54, 1.807) is 5.57 Å². The Bertz CT molecular complexity index is 257. The predicted molar refractivity (Wildman–Crippen MR) is 57.4 cm³/mol. The van der Waals surface area contributed by atoms with Gasteiger partial charge in [-0.05, 0) is 37.0 Å². The molecule has 0 aromatic rings. The largest absolute Gasteiger partial charge is 0.103 e. The molecule has 0 heterocycles. The molecule has 0 amide bonds. The number of rotatable bonds is 4. The maximum Gasteiger partial charge on any atom is -0.00116 e. The SMILES string of the molecule is C=CCCC(C)C1=CC2C=CC1C2. The fourth-order valence-corrected chi connectivity index (χ4v) is 2.53. The normalized spacial score (nSPS) is 31.9. The first-order chi connectivity index (χ1) is 6.31. The summed E-state index contributed by atoms with van der Waals surface area (Å²) in [4.78, 5) is 0. The summed E-state index contributed by atoms with van der Waals surface area (Å²) in [6.45, 7) is 6.12. The second-order valence-electron chi connectivity index (χ2n) is 4.32. The zero-order valence-corrected chi connectivity index (χ0v) is 8.37. The van der Waals surface area contributed by atoms with Crippen LogP contribution in [0.2, 0.25) is 0 Å². The van der Waals surface area contributed by atoms with Gasteiger partial charge in [-0.15, -0.1) is 6.58 Å². The summed E-state index contributed by atoms with van der Waals surface area (Å²) in [5.41, 5.74) is 1.69. The standard InChI is InChI=1S/C13H18/c1-3-4-5-10(2)13-9-11-6-7-12(13)8-11/h3,6-7,9-12H,1,4-5,8H2,2H3. The van der Waals surface area contributed by atoms with E-state index in [9.17, 15) is 0 Å². The maximum absolute atomic E-state index is 3.77. The third-order valence-electron chi connectivity index (χ3n) is 3.32. The van der Waals surface area contributed by atoms with Crippen molar-refractivity contribution in [3.8, 4) is 0 Å². The van der Waals surface area contributed by atoms with E-state index in [1.807, 2.05) is 6.08 Å². The minimum absolute atomic E-state index is 0.762. The lowest BCUT2D eigenvalue weighted by atomic mass is 9.88. The summed E-state index contributed by atoms with van der Waals surface area (Å²) in [6, 6.07) is 0. The van der Waals surface area contributed by atoms with Crippen molar-refractivity contribution in [1.29, 1.82) is 0 Å². The Hall–Kier alpha value is -0.780. The Morgan fingerprint density at radius 1 is 1.62 bits per heavy atom. The van der Waals surface area contributed by atoms with Crippen molar-refractivity contribution in [1.82, 2.24) is 0 Å². The molecule has 13 heavy (non-hydrogen) atoms. The molecule has 0 saturated heterocycles. The molecule has 70 valence electrons. The van der Waals surface area contributed by atoms with E-state index >= 15 is 0 Å². The molecule has 0 nitrogen and oxygen atoms in total. The Morgan fingerprint density at radius 2 is 2.46 bits per heavy atom. The highest BCUT2D eigenvalue weighted by atomic mass is 14.3. The van der Waals surface area contributed by atoms with E-state index in [2.05, 4.69) is 31.7 Å². The van der Waals surface area contributed by atoms with Gasteiger partial charge >= 0.3 is 0 Å². The highest BCUT2D eigenvalue weighted by Crippen LogP contribution is 2.42. The molecular formula is C13H18. The van der Waals surface area contributed by atoms with E-state index in [4.69, 9.17) is 0 Å². The van der Waals surface area contributed by atoms with Gasteiger partial charge in [-0.3, -0.25) is 0 Å². The van der Waals surface area contributed by atoms with Gasteiger partial charge < -0.3 is 0 Å². The first kappa shape index (κ1) is 8.80. The van der Waals surface area contributed by atoms with E-state index < -0.39 is 0 Å². The summed E-state index contributed by atoms with van der Waals surface area (Å²) in [5, 5.41) is 0. The fraction of sp³-hybridized carbons (Fsp3) is 0.538. The van der Waals surface area contributed by atoms with Gasteiger partial charge in [0, 0.05) is 0 Å². The Morgan fingerprint density at radius 3 is 3.00 bits per heavy atom. The lowest BCUT2D eigenvalue weighted by Gasteiger charge is -2.17. The Labute approximate surface area is 81.0 Å². The molecule has 0 fully saturated rings. The maximum atomic E-state index is 3.77. The van der Waals surface area contributed by atoms with E-state index in [1.165, 1.54) is 12.8 Å². The smallest absolute Gasteiger partial charge is 0.00116 e. The van der Waals surface area contributed by atoms with Crippen molar-refractivity contribution in [3.63, 3.8) is 0 Å². The van der Waals surface area contributed by atoms with Crippen LogP contribution in [-0.4, -0.2) is 0 Å². The lowest BCUT2D eigenvalue weighted by Crippen LogP contribution is -2.04. The number of allylic oxidation sites excluding steroid dienone is 5. The highest BCUT2D eigenvalue weighted by Gasteiger charge is 2.29. The first-order valence-corrected chi connectivity index (χ1v) is 5.32. The van der Waals surface area contributed by atoms with Gasteiger partial charge in [0.15, 0.2) is 0 Å². The van der Waals surface area contributed by atoms with Gasteiger partial charge in [-0.25, -0.2) is 0 Å². The van der Waals surface area contributed by atoms with Gasteiger partial charge in [-0.1, -0.05) is 36.8 Å². The molecule has 3 atom stereocenters. The number of fused-ring (bicyclic) bond motifs is 2. The van der Waals surface area contributed by atoms with E-state index in [0.717, 1.165) is 24.2 Å². The van der Waals surface area contributed by atoms with Crippen LogP contribution in [0.5, 0.6) is 0 Å². The first-order valence-electron chi connectivity index (χ1n) is 5.32. The lowest BCUT2D eigenvalue weighted by molar-refractivity contribution is 0.564. The van der Waals surface area contributed by atoms with Crippen molar-refractivity contribution in [2.24, 2.45) is 17.8 Å². The summed E-state index contributed by atoms with van der Waals surface area (Å²) in [5.74, 6) is 2.31. The van der Waals surface area contributed by atoms with Crippen molar-refractivity contribution >= 4 is 0 Å². The molecule has 2 rings (SSSR count). The molecule has 0 aromatic heterocycles. The molecule has 0 aliphatic heterocycles. The van der Waals surface area contributed by atoms with Crippen LogP contribution in [0.4, 0.5) is 0 Å². The molecule has 0 aromatic carbocycles. The molecule has 2 bridgehead atoms. The zero-order chi connectivity index (χ0) is 9.26. The average Bonchev–Trinajstić information content (AvgIpc) is 2.74. The van der Waals surface area contributed by atoms with Crippen LogP contribution in [0, 0.1) is 17.8 Å². The quantitative estimate of drug-likeness (QED) is 0.570. The predicted octanol–water partition coefficient (Wildman–Crippen LogP) is 3.72. The monoisotopic (exact) mass is 174 g/mol. The summed E-state index contributed by atoms with van der Waals surface area (Å²) < 4.78 is 0. The van der Waals surface area contributed by atoms with E-state index in [-0.39, 0.29) is 0 Å². The number of hydrogen-bond donors (Lipinski definition) is 0. The third kappa shape index (κ3) is 1.63. The molecule has 2 aliphatic carbocycles. The Balaban J connectivity index is 1.95. The molecular weight excluding hydrogens is 156 g/mol. The van der Waals surface area contributed by atoms with Gasteiger partial charge in [0.2, 0.25) is 0 Å². The summed E-state index contributed by atoms with van der Waals surface area (Å²) in [6.07, 6.45) is 13.0. The van der Waals surface area contributed by atoms with Crippen molar-refractivity contribution in [2.75, 3.05) is 0 Å². The van der Waals surface area contributed by atoms with Crippen LogP contribution in [0.3, 0.4) is 0 Å². The highest BCUT2D eigenvalue weighted by molar-refractivity contribution is 5.31. The second kappa shape index (κ2) is 3.53. The van der Waals surface area contributed by atoms with E-state index in [0.29, 0.717) is 0 Å². The van der Waals surface area contributed by atoms with Crippen LogP contribution < -0.4 is 0 Å². The molecule has 3 unspecified atom stereocenters. The van der Waals surface area contributed by atoms with Gasteiger partial charge in [-0.2, -0.15) is 0 Å². The third-order valence-corrected chi connectivity index (χ3v) is 3.32. The minimum Gasteiger partial charge on any atom is -0.103 e. The van der Waals surface area contributed by atoms with Gasteiger partial charge in [0.1, 0.15) is 0 Å². The van der Waals surface area contributed by atoms with Crippen molar-refractivity contribution in [3.05, 3.63) is 36.5 Å². The van der Waals surface area contributed by atoms with Crippen molar-refractivity contribution < 1.29 is 0 Å². The second-order valence-corrected chi connectivity index (χ2v) is 4.32. The average molecular weight is 174 g/mol. The molecule has 2 aliphatic rings. The Kier molecular flexibility index (Phi) is 2.39. The summed E-state index contributed by atoms with van der Waals surface area (Å²) >= 11 is 0. The molecule has 0 saturated carbocycles. The molecule has 0 radical (unpaired) electrons. The zero-order valence-electron chi connectivity index (χ0n) is 8.37. The van der Waals surface area contributed by atoms with Crippen molar-refractivity contribution in [2.45, 2.75) is 26.2 Å². The molecule has 0 heteroatoms. The summed E-state index contributed by atoms with van der Waals surface area (Å²) in [7, 11) is 0. The number of hydrogen-bond acceptors (Lipinski definition) is 0. The minimum atomic E-state index is 0.762. The van der Waals surface area contributed by atoms with Gasteiger partial charge in [0.05, 0.1) is 0 Å². The van der Waals surface area contributed by atoms with Crippen LogP contribution in [-0.2, 0) is 0 Å².